The van der Waals surface area contributed by atoms with Crippen molar-refractivity contribution in [2.45, 2.75) is 145 Å². The Hall–Kier alpha value is -11.3. The number of hydrogen-bond acceptors (Lipinski definition) is 9. The molecular formula is C106H98N9O3Pt3-3. The van der Waals surface area contributed by atoms with Gasteiger partial charge in [0.15, 0.2) is 0 Å². The number of aryl methyl sites for hydroxylation is 2. The van der Waals surface area contributed by atoms with Gasteiger partial charge >= 0.3 is 0 Å². The third kappa shape index (κ3) is 17.5. The van der Waals surface area contributed by atoms with Crippen molar-refractivity contribution in [1.29, 1.82) is 0 Å². The molecule has 3 N–H and O–H groups in total. The predicted octanol–water partition coefficient (Wildman–Crippen LogP) is 26.3. The molecule has 9 aromatic heterocycles. The van der Waals surface area contributed by atoms with Crippen molar-refractivity contribution in [2.24, 2.45) is 0 Å². The van der Waals surface area contributed by atoms with Gasteiger partial charge in [0.25, 0.3) is 0 Å². The summed E-state index contributed by atoms with van der Waals surface area (Å²) in [5.74, 6) is 0.772. The van der Waals surface area contributed by atoms with Crippen LogP contribution in [0.3, 0.4) is 0 Å². The maximum absolute atomic E-state index is 11.7. The molecule has 0 saturated heterocycles. The molecule has 0 radical (unpaired) electrons. The number of aromatic hydroxyl groups is 3. The first-order valence-electron chi connectivity index (χ1n) is 40.4. The van der Waals surface area contributed by atoms with Crippen LogP contribution in [0.25, 0.3) is 150 Å². The van der Waals surface area contributed by atoms with Gasteiger partial charge in [0.2, 0.25) is 0 Å². The Morgan fingerprint density at radius 3 is 0.942 bits per heavy atom. The van der Waals surface area contributed by atoms with Crippen LogP contribution in [0.15, 0.2) is 267 Å². The standard InChI is InChI=1S/C40H42N3O.C34H30N3O.C32H26N3O.3Pt/c1-38(2,3)26-20-25(33-15-12-13-19-41-33)21-28(22-26)43-35-16-11-10-14-29(35)30-17-18-34(42-37(30)43)31-23-27(39(4,5)6)24-32(36(31)44)40(7,8)9;1-21-16-22(2)32(38)28(17-21)30-14-13-27-26-10-6-7-12-31(26)37(33(27)36-30)25-19-23(29-11-8-9-15-35-29)18-24(20-25)34(3,4)5;1-32(2,3)22-18-21(27-12-8-9-17-33-27)19-23(20-22)35-29-13-6-4-10-24(29)25-15-16-28(34-31(25)35)26-11-5-7-14-30(26)36;;;/h10-20,22-24,44H,1-9H3;6-18,20,38H,1-5H3;4-18,20,36H,1-3H3;;;/q3*-1;;;. The van der Waals surface area contributed by atoms with Gasteiger partial charge in [-0.2, -0.15) is 0 Å². The van der Waals surface area contributed by atoms with Gasteiger partial charge in [-0.25, -0.2) is 15.0 Å². The molecule has 0 aliphatic carbocycles. The number of phenolic OH excluding ortho intramolecular Hbond substituents is 3. The quantitative estimate of drug-likeness (QED) is 0.120. The van der Waals surface area contributed by atoms with E-state index in [1.807, 2.05) is 136 Å². The number of hydrogen-bond donors (Lipinski definition) is 3. The molecular weight excluding hydrogens is 2030 g/mol. The Labute approximate surface area is 752 Å². The van der Waals surface area contributed by atoms with Gasteiger partial charge in [0.05, 0.1) is 33.6 Å². The molecule has 9 aromatic carbocycles. The molecule has 0 aliphatic rings. The molecule has 0 spiro atoms. The van der Waals surface area contributed by atoms with E-state index in [1.54, 1.807) is 6.07 Å². The summed E-state index contributed by atoms with van der Waals surface area (Å²) in [6.07, 6.45) is 5.45. The Morgan fingerprint density at radius 2 is 0.603 bits per heavy atom. The molecule has 0 saturated carbocycles. The van der Waals surface area contributed by atoms with E-state index in [1.165, 1.54) is 22.3 Å². The molecule has 18 rings (SSSR count). The predicted molar refractivity (Wildman–Crippen MR) is 486 cm³/mol. The maximum Gasteiger partial charge on any atom is 0.144 e. The first kappa shape index (κ1) is 87.6. The second-order valence-electron chi connectivity index (χ2n) is 36.1. The number of aromatic nitrogens is 9. The average Bonchev–Trinajstić information content (AvgIpc) is 1.60. The van der Waals surface area contributed by atoms with E-state index in [4.69, 9.17) is 15.0 Å². The first-order chi connectivity index (χ1) is 56.2. The van der Waals surface area contributed by atoms with E-state index in [2.05, 4.69) is 290 Å². The van der Waals surface area contributed by atoms with Crippen LogP contribution < -0.4 is 0 Å². The van der Waals surface area contributed by atoms with E-state index in [0.717, 1.165) is 162 Å². The van der Waals surface area contributed by atoms with Crippen molar-refractivity contribution in [3.05, 3.63) is 324 Å². The fourth-order valence-corrected chi connectivity index (χ4v) is 15.7. The zero-order valence-corrected chi connectivity index (χ0v) is 78.0. The fraction of sp³-hybridized carbons (Fsp3) is 0.208. The number of para-hydroxylation sites is 4. The summed E-state index contributed by atoms with van der Waals surface area (Å²) in [5.41, 5.74) is 25.3. The molecule has 0 bridgehead atoms. The maximum atomic E-state index is 11.7. The number of rotatable bonds is 9. The summed E-state index contributed by atoms with van der Waals surface area (Å²) in [7, 11) is 0. The summed E-state index contributed by atoms with van der Waals surface area (Å²) < 4.78 is 6.58. The van der Waals surface area contributed by atoms with Crippen LogP contribution in [0.1, 0.15) is 143 Å². The zero-order valence-electron chi connectivity index (χ0n) is 71.2. The molecule has 0 atom stereocenters. The summed E-state index contributed by atoms with van der Waals surface area (Å²) >= 11 is 0. The molecule has 0 amide bonds. The second-order valence-corrected chi connectivity index (χ2v) is 36.1. The van der Waals surface area contributed by atoms with Gasteiger partial charge in [-0.1, -0.05) is 219 Å². The molecule has 9 heterocycles. The largest absolute Gasteiger partial charge is 0.507 e. The van der Waals surface area contributed by atoms with Gasteiger partial charge in [0, 0.05) is 136 Å². The van der Waals surface area contributed by atoms with E-state index >= 15 is 0 Å². The summed E-state index contributed by atoms with van der Waals surface area (Å²) in [6, 6.07) is 95.2. The van der Waals surface area contributed by atoms with Crippen LogP contribution in [-0.2, 0) is 90.3 Å². The van der Waals surface area contributed by atoms with Crippen LogP contribution in [0.2, 0.25) is 0 Å². The number of pyridine rings is 6. The van der Waals surface area contributed by atoms with Crippen LogP contribution in [0, 0.1) is 32.0 Å². The Balaban J connectivity index is 0.000000155. The van der Waals surface area contributed by atoms with Crippen molar-refractivity contribution < 1.29 is 78.5 Å². The van der Waals surface area contributed by atoms with Crippen LogP contribution in [-0.4, -0.2) is 58.9 Å². The van der Waals surface area contributed by atoms with Gasteiger partial charge in [-0.15, -0.1) is 88.0 Å². The Morgan fingerprint density at radius 1 is 0.281 bits per heavy atom. The number of phenols is 3. The van der Waals surface area contributed by atoms with Gasteiger partial charge in [0.1, 0.15) is 34.2 Å². The van der Waals surface area contributed by atoms with Crippen LogP contribution in [0.4, 0.5) is 0 Å². The Bertz CT molecular complexity index is 6900. The fourth-order valence-electron chi connectivity index (χ4n) is 15.7. The topological polar surface area (TPSA) is 153 Å². The molecule has 0 aliphatic heterocycles. The minimum atomic E-state index is -0.233. The molecule has 15 heteroatoms. The first-order valence-corrected chi connectivity index (χ1v) is 40.4. The summed E-state index contributed by atoms with van der Waals surface area (Å²) in [4.78, 5) is 29.4. The second kappa shape index (κ2) is 34.3. The van der Waals surface area contributed by atoms with E-state index < -0.39 is 0 Å². The SMILES string of the molecule is CC(C)(C)c1cc(-c2ccccn2)[c-]c(-n2c3ccccc3c3ccc(-c4cc(C(C)(C)C)cc(C(C)(C)C)c4O)nc32)c1.CC(C)(C)c1cc(-c2ccccn2)[c-]c(-n2c3ccccc3c3ccc(-c4ccccc4O)nc32)c1.Cc1cc(C)c(O)c(-c2ccc3c4ccccc4n(-c4[c-]c(-c5ccccn5)cc(C(C)(C)C)c4)c3n2)c1.[Pt].[Pt].[Pt]. The molecule has 12 nitrogen and oxygen atoms in total. The number of nitrogens with zero attached hydrogens (tertiary/aromatic N) is 9. The number of fused-ring (bicyclic) bond motifs is 9. The monoisotopic (exact) mass is 2130 g/mol. The van der Waals surface area contributed by atoms with Gasteiger partial charge in [-0.05, 0) is 189 Å². The molecule has 18 aromatic rings. The smallest absolute Gasteiger partial charge is 0.144 e. The zero-order chi connectivity index (χ0) is 83.1. The normalized spacial score (nSPS) is 11.9. The molecule has 618 valence electrons. The van der Waals surface area contributed by atoms with Gasteiger partial charge in [-0.3, -0.25) is 0 Å². The van der Waals surface area contributed by atoms with Crippen molar-refractivity contribution in [2.75, 3.05) is 0 Å². The van der Waals surface area contributed by atoms with Crippen LogP contribution in [0.5, 0.6) is 17.2 Å². The van der Waals surface area contributed by atoms with Crippen LogP contribution >= 0.6 is 0 Å². The Kier molecular flexibility index (Phi) is 24.8. The minimum absolute atomic E-state index is 0. The van der Waals surface area contributed by atoms with Crippen molar-refractivity contribution in [3.8, 4) is 102 Å². The number of benzene rings is 9. The molecule has 0 fully saturated rings. The van der Waals surface area contributed by atoms with E-state index in [9.17, 15) is 15.3 Å². The van der Waals surface area contributed by atoms with Crippen molar-refractivity contribution in [3.63, 3.8) is 0 Å². The van der Waals surface area contributed by atoms with Crippen molar-refractivity contribution in [1.82, 2.24) is 43.6 Å². The molecule has 0 unspecified atom stereocenters. The minimum Gasteiger partial charge on any atom is -0.507 e. The third-order valence-corrected chi connectivity index (χ3v) is 22.2. The summed E-state index contributed by atoms with van der Waals surface area (Å²) in [6.45, 7) is 37.0. The third-order valence-electron chi connectivity index (χ3n) is 22.2. The average molecular weight is 2130 g/mol. The van der Waals surface area contributed by atoms with Crippen molar-refractivity contribution >= 4 is 65.8 Å². The summed E-state index contributed by atoms with van der Waals surface area (Å²) in [5, 5.41) is 39.6. The molecule has 121 heavy (non-hydrogen) atoms. The van der Waals surface area contributed by atoms with E-state index in [0.29, 0.717) is 11.3 Å². The van der Waals surface area contributed by atoms with E-state index in [-0.39, 0.29) is 102 Å². The van der Waals surface area contributed by atoms with Gasteiger partial charge < -0.3 is 44.0 Å².